The molecule has 0 aromatic carbocycles. The Kier molecular flexibility index (Phi) is 2.33. The fraction of sp³-hybridized carbons (Fsp3) is 0.889. The predicted molar refractivity (Wildman–Crippen MR) is 43.3 cm³/mol. The van der Waals surface area contributed by atoms with E-state index in [1.54, 1.807) is 7.11 Å². The Balaban J connectivity index is 2.39. The summed E-state index contributed by atoms with van der Waals surface area (Å²) in [5, 5.41) is 0. The Morgan fingerprint density at radius 1 is 1.45 bits per heavy atom. The number of hydrogen-bond donors (Lipinski definition) is 0. The van der Waals surface area contributed by atoms with E-state index in [-0.39, 0.29) is 0 Å². The zero-order chi connectivity index (χ0) is 8.48. The van der Waals surface area contributed by atoms with Crippen LogP contribution >= 0.6 is 0 Å². The highest BCUT2D eigenvalue weighted by atomic mass is 16.5. The standard InChI is InChI=1S/C9H16O2/c1-9(2)7(4-5-10)8(9)6-11-3/h5,7-8H,4,6H2,1-3H3. The van der Waals surface area contributed by atoms with Crippen LogP contribution in [0.3, 0.4) is 0 Å². The summed E-state index contributed by atoms with van der Waals surface area (Å²) < 4.78 is 5.06. The molecule has 11 heavy (non-hydrogen) atoms. The maximum atomic E-state index is 10.3. The van der Waals surface area contributed by atoms with Gasteiger partial charge in [0, 0.05) is 20.1 Å². The number of carbonyl (C=O) groups excluding carboxylic acids is 1. The van der Waals surface area contributed by atoms with Crippen LogP contribution in [0.4, 0.5) is 0 Å². The van der Waals surface area contributed by atoms with Crippen molar-refractivity contribution in [1.82, 2.24) is 0 Å². The molecular weight excluding hydrogens is 140 g/mol. The third-order valence-corrected chi connectivity index (χ3v) is 2.98. The zero-order valence-electron chi connectivity index (χ0n) is 7.46. The topological polar surface area (TPSA) is 26.3 Å². The van der Waals surface area contributed by atoms with Crippen LogP contribution in [-0.2, 0) is 9.53 Å². The Hall–Kier alpha value is -0.370. The first-order chi connectivity index (χ1) is 5.14. The van der Waals surface area contributed by atoms with Crippen LogP contribution < -0.4 is 0 Å². The minimum atomic E-state index is 0.330. The first-order valence-electron chi connectivity index (χ1n) is 4.07. The smallest absolute Gasteiger partial charge is 0.120 e. The van der Waals surface area contributed by atoms with E-state index in [0.29, 0.717) is 23.7 Å². The molecule has 2 atom stereocenters. The molecule has 1 rings (SSSR count). The summed E-state index contributed by atoms with van der Waals surface area (Å²) in [6, 6.07) is 0. The molecule has 0 spiro atoms. The highest BCUT2D eigenvalue weighted by Crippen LogP contribution is 2.59. The third-order valence-electron chi connectivity index (χ3n) is 2.98. The summed E-state index contributed by atoms with van der Waals surface area (Å²) in [4.78, 5) is 10.3. The number of ether oxygens (including phenoxy) is 1. The maximum Gasteiger partial charge on any atom is 0.120 e. The van der Waals surface area contributed by atoms with Crippen molar-refractivity contribution in [3.8, 4) is 0 Å². The van der Waals surface area contributed by atoms with E-state index in [0.717, 1.165) is 12.9 Å². The molecule has 2 heteroatoms. The van der Waals surface area contributed by atoms with E-state index in [4.69, 9.17) is 4.74 Å². The molecule has 0 heterocycles. The van der Waals surface area contributed by atoms with Gasteiger partial charge in [0.05, 0.1) is 0 Å². The lowest BCUT2D eigenvalue weighted by molar-refractivity contribution is -0.108. The van der Waals surface area contributed by atoms with Gasteiger partial charge in [-0.05, 0) is 17.3 Å². The van der Waals surface area contributed by atoms with Crippen LogP contribution in [0.5, 0.6) is 0 Å². The van der Waals surface area contributed by atoms with Gasteiger partial charge in [0.25, 0.3) is 0 Å². The zero-order valence-corrected chi connectivity index (χ0v) is 7.46. The Bertz CT molecular complexity index is 152. The van der Waals surface area contributed by atoms with Crippen molar-refractivity contribution in [2.75, 3.05) is 13.7 Å². The molecule has 2 nitrogen and oxygen atoms in total. The second kappa shape index (κ2) is 2.94. The van der Waals surface area contributed by atoms with Crippen molar-refractivity contribution in [3.63, 3.8) is 0 Å². The maximum absolute atomic E-state index is 10.3. The summed E-state index contributed by atoms with van der Waals surface area (Å²) in [5.41, 5.74) is 0.330. The minimum Gasteiger partial charge on any atom is -0.384 e. The van der Waals surface area contributed by atoms with Crippen molar-refractivity contribution in [1.29, 1.82) is 0 Å². The Labute approximate surface area is 67.9 Å². The summed E-state index contributed by atoms with van der Waals surface area (Å²) >= 11 is 0. The van der Waals surface area contributed by atoms with Crippen molar-refractivity contribution < 1.29 is 9.53 Å². The molecule has 64 valence electrons. The number of methoxy groups -OCH3 is 1. The van der Waals surface area contributed by atoms with E-state index in [1.807, 2.05) is 0 Å². The summed E-state index contributed by atoms with van der Waals surface area (Å²) in [6.07, 6.45) is 1.71. The third kappa shape index (κ3) is 1.45. The molecule has 0 aromatic heterocycles. The molecule has 0 radical (unpaired) electrons. The van der Waals surface area contributed by atoms with Gasteiger partial charge >= 0.3 is 0 Å². The molecule has 0 bridgehead atoms. The highest BCUT2D eigenvalue weighted by molar-refractivity contribution is 5.51. The van der Waals surface area contributed by atoms with Crippen LogP contribution in [0.25, 0.3) is 0 Å². The van der Waals surface area contributed by atoms with Gasteiger partial charge < -0.3 is 9.53 Å². The van der Waals surface area contributed by atoms with Crippen LogP contribution in [-0.4, -0.2) is 20.0 Å². The first kappa shape index (κ1) is 8.72. The molecule has 1 aliphatic carbocycles. The average Bonchev–Trinajstić information content (AvgIpc) is 2.41. The van der Waals surface area contributed by atoms with Gasteiger partial charge in [0.2, 0.25) is 0 Å². The van der Waals surface area contributed by atoms with E-state index in [9.17, 15) is 4.79 Å². The van der Waals surface area contributed by atoms with Crippen molar-refractivity contribution >= 4 is 6.29 Å². The number of hydrogen-bond acceptors (Lipinski definition) is 2. The lowest BCUT2D eigenvalue weighted by Gasteiger charge is -1.99. The Morgan fingerprint density at radius 3 is 2.55 bits per heavy atom. The largest absolute Gasteiger partial charge is 0.384 e. The van der Waals surface area contributed by atoms with Crippen molar-refractivity contribution in [2.45, 2.75) is 20.3 Å². The average molecular weight is 156 g/mol. The SMILES string of the molecule is COCC1C(CC=O)C1(C)C. The lowest BCUT2D eigenvalue weighted by Crippen LogP contribution is -1.97. The normalized spacial score (nSPS) is 33.4. The van der Waals surface area contributed by atoms with Crippen LogP contribution in [0, 0.1) is 17.3 Å². The second-order valence-electron chi connectivity index (χ2n) is 3.89. The molecule has 0 amide bonds. The molecular formula is C9H16O2. The van der Waals surface area contributed by atoms with Gasteiger partial charge in [-0.25, -0.2) is 0 Å². The summed E-state index contributed by atoms with van der Waals surface area (Å²) in [6.45, 7) is 5.20. The van der Waals surface area contributed by atoms with Gasteiger partial charge in [-0.3, -0.25) is 0 Å². The van der Waals surface area contributed by atoms with Gasteiger partial charge in [0.15, 0.2) is 0 Å². The molecule has 1 saturated carbocycles. The van der Waals surface area contributed by atoms with Crippen molar-refractivity contribution in [3.05, 3.63) is 0 Å². The molecule has 1 aliphatic rings. The highest BCUT2D eigenvalue weighted by Gasteiger charge is 2.56. The fourth-order valence-corrected chi connectivity index (χ4v) is 1.94. The van der Waals surface area contributed by atoms with Gasteiger partial charge in [-0.2, -0.15) is 0 Å². The Morgan fingerprint density at radius 2 is 2.09 bits per heavy atom. The molecule has 0 saturated heterocycles. The minimum absolute atomic E-state index is 0.330. The van der Waals surface area contributed by atoms with E-state index in [1.165, 1.54) is 0 Å². The fourth-order valence-electron chi connectivity index (χ4n) is 1.94. The monoisotopic (exact) mass is 156 g/mol. The molecule has 0 aliphatic heterocycles. The van der Waals surface area contributed by atoms with Gasteiger partial charge in [-0.1, -0.05) is 13.8 Å². The quantitative estimate of drug-likeness (QED) is 0.576. The first-order valence-corrected chi connectivity index (χ1v) is 4.07. The van der Waals surface area contributed by atoms with Crippen LogP contribution in [0.1, 0.15) is 20.3 Å². The predicted octanol–water partition coefficient (Wildman–Crippen LogP) is 1.49. The second-order valence-corrected chi connectivity index (χ2v) is 3.89. The lowest BCUT2D eigenvalue weighted by atomic mass is 10.1. The number of carbonyl (C=O) groups is 1. The van der Waals surface area contributed by atoms with Gasteiger partial charge in [0.1, 0.15) is 6.29 Å². The van der Waals surface area contributed by atoms with Crippen LogP contribution in [0.15, 0.2) is 0 Å². The van der Waals surface area contributed by atoms with Gasteiger partial charge in [-0.15, -0.1) is 0 Å². The van der Waals surface area contributed by atoms with E-state index < -0.39 is 0 Å². The van der Waals surface area contributed by atoms with E-state index in [2.05, 4.69) is 13.8 Å². The van der Waals surface area contributed by atoms with Crippen LogP contribution in [0.2, 0.25) is 0 Å². The van der Waals surface area contributed by atoms with Crippen molar-refractivity contribution in [2.24, 2.45) is 17.3 Å². The molecule has 2 unspecified atom stereocenters. The molecule has 0 N–H and O–H groups in total. The number of rotatable bonds is 4. The summed E-state index contributed by atoms with van der Waals surface area (Å²) in [7, 11) is 1.71. The number of aldehydes is 1. The summed E-state index contributed by atoms with van der Waals surface area (Å²) in [5.74, 6) is 1.15. The molecule has 1 fully saturated rings. The molecule has 0 aromatic rings. The van der Waals surface area contributed by atoms with E-state index >= 15 is 0 Å².